The smallest absolute Gasteiger partial charge is 0.212 e. The van der Waals surface area contributed by atoms with Gasteiger partial charge in [-0.1, -0.05) is 0 Å². The molecule has 1 fully saturated rings. The molecule has 2 heterocycles. The standard InChI is InChI=1S/C7H11N3O3S/c11-14(12,7-8-3-4-13-7)5-6-1-2-9-10-6/h1-2,7-8H,3-5H2,(H,9,10). The molecule has 2 rings (SSSR count). The Morgan fingerprint density at radius 3 is 3.07 bits per heavy atom. The number of rotatable bonds is 3. The molecule has 1 aliphatic rings. The predicted molar refractivity (Wildman–Crippen MR) is 49.0 cm³/mol. The second-order valence-electron chi connectivity index (χ2n) is 3.05. The average Bonchev–Trinajstić information content (AvgIpc) is 2.71. The molecule has 78 valence electrons. The maximum Gasteiger partial charge on any atom is 0.212 e. The van der Waals surface area contributed by atoms with E-state index in [9.17, 15) is 8.42 Å². The lowest BCUT2D eigenvalue weighted by molar-refractivity contribution is 0.159. The molecule has 0 saturated carbocycles. The van der Waals surface area contributed by atoms with Gasteiger partial charge >= 0.3 is 0 Å². The topological polar surface area (TPSA) is 84.1 Å². The van der Waals surface area contributed by atoms with E-state index in [0.29, 0.717) is 18.8 Å². The van der Waals surface area contributed by atoms with Crippen molar-refractivity contribution in [3.05, 3.63) is 18.0 Å². The van der Waals surface area contributed by atoms with Crippen LogP contribution in [0.1, 0.15) is 5.69 Å². The van der Waals surface area contributed by atoms with E-state index in [1.807, 2.05) is 0 Å². The highest BCUT2D eigenvalue weighted by Gasteiger charge is 2.29. The zero-order valence-corrected chi connectivity index (χ0v) is 8.25. The summed E-state index contributed by atoms with van der Waals surface area (Å²) in [6, 6.07) is 1.63. The fourth-order valence-electron chi connectivity index (χ4n) is 1.29. The van der Waals surface area contributed by atoms with Gasteiger partial charge in [-0.05, 0) is 6.07 Å². The van der Waals surface area contributed by atoms with Crippen LogP contribution in [0, 0.1) is 0 Å². The second kappa shape index (κ2) is 3.68. The van der Waals surface area contributed by atoms with Gasteiger partial charge in [-0.2, -0.15) is 5.10 Å². The van der Waals surface area contributed by atoms with Crippen LogP contribution in [-0.4, -0.2) is 37.3 Å². The van der Waals surface area contributed by atoms with Gasteiger partial charge in [0.25, 0.3) is 0 Å². The zero-order valence-electron chi connectivity index (χ0n) is 7.43. The number of aromatic amines is 1. The SMILES string of the molecule is O=S(=O)(Cc1ccn[nH]1)C1NCCO1. The highest BCUT2D eigenvalue weighted by molar-refractivity contribution is 7.91. The van der Waals surface area contributed by atoms with Gasteiger partial charge in [-0.25, -0.2) is 8.42 Å². The lowest BCUT2D eigenvalue weighted by atomic mass is 10.5. The molecular weight excluding hydrogens is 206 g/mol. The van der Waals surface area contributed by atoms with Gasteiger partial charge in [0.15, 0.2) is 9.84 Å². The number of ether oxygens (including phenoxy) is 1. The van der Waals surface area contributed by atoms with Gasteiger partial charge in [-0.3, -0.25) is 10.4 Å². The molecule has 1 atom stereocenters. The van der Waals surface area contributed by atoms with Crippen LogP contribution >= 0.6 is 0 Å². The minimum Gasteiger partial charge on any atom is -0.348 e. The number of nitrogens with one attached hydrogen (secondary N) is 2. The van der Waals surface area contributed by atoms with Crippen molar-refractivity contribution in [3.8, 4) is 0 Å². The summed E-state index contributed by atoms with van der Waals surface area (Å²) in [4.78, 5) is 0. The maximum absolute atomic E-state index is 11.7. The summed E-state index contributed by atoms with van der Waals surface area (Å²) in [7, 11) is -3.29. The van der Waals surface area contributed by atoms with Crippen molar-refractivity contribution in [2.24, 2.45) is 0 Å². The first kappa shape index (κ1) is 9.63. The first-order valence-corrected chi connectivity index (χ1v) is 5.95. The second-order valence-corrected chi connectivity index (χ2v) is 5.09. The number of aromatic nitrogens is 2. The summed E-state index contributed by atoms with van der Waals surface area (Å²) in [5.74, 6) is -0.0787. The monoisotopic (exact) mass is 217 g/mol. The van der Waals surface area contributed by atoms with E-state index in [-0.39, 0.29) is 5.75 Å². The molecule has 2 N–H and O–H groups in total. The summed E-state index contributed by atoms with van der Waals surface area (Å²) in [5, 5.41) is 9.05. The molecule has 1 aliphatic heterocycles. The Morgan fingerprint density at radius 1 is 1.64 bits per heavy atom. The molecule has 1 aromatic heterocycles. The van der Waals surface area contributed by atoms with Gasteiger partial charge in [0.1, 0.15) is 0 Å². The van der Waals surface area contributed by atoms with E-state index >= 15 is 0 Å². The van der Waals surface area contributed by atoms with Gasteiger partial charge < -0.3 is 4.74 Å². The fourth-order valence-corrected chi connectivity index (χ4v) is 2.71. The van der Waals surface area contributed by atoms with E-state index in [1.165, 1.54) is 6.20 Å². The Balaban J connectivity index is 2.09. The van der Waals surface area contributed by atoms with Crippen LogP contribution in [0.25, 0.3) is 0 Å². The zero-order chi connectivity index (χ0) is 10.0. The molecule has 6 nitrogen and oxygen atoms in total. The van der Waals surface area contributed by atoms with Crippen molar-refractivity contribution in [1.82, 2.24) is 15.5 Å². The summed E-state index contributed by atoms with van der Waals surface area (Å²) >= 11 is 0. The van der Waals surface area contributed by atoms with Crippen molar-refractivity contribution in [2.75, 3.05) is 13.2 Å². The van der Waals surface area contributed by atoms with Gasteiger partial charge in [0, 0.05) is 12.7 Å². The fraction of sp³-hybridized carbons (Fsp3) is 0.571. The molecule has 1 unspecified atom stereocenters. The van der Waals surface area contributed by atoms with Crippen LogP contribution in [-0.2, 0) is 20.3 Å². The molecule has 1 aromatic rings. The molecule has 14 heavy (non-hydrogen) atoms. The quantitative estimate of drug-likeness (QED) is 0.694. The third-order valence-corrected chi connectivity index (χ3v) is 3.59. The van der Waals surface area contributed by atoms with E-state index in [0.717, 1.165) is 0 Å². The Morgan fingerprint density at radius 2 is 2.50 bits per heavy atom. The number of hydrogen-bond acceptors (Lipinski definition) is 5. The van der Waals surface area contributed by atoms with Crippen molar-refractivity contribution in [1.29, 1.82) is 0 Å². The summed E-state index contributed by atoms with van der Waals surface area (Å²) in [5.41, 5.74) is -0.298. The number of hydrogen-bond donors (Lipinski definition) is 2. The van der Waals surface area contributed by atoms with Crippen LogP contribution in [0.5, 0.6) is 0 Å². The van der Waals surface area contributed by atoms with Crippen LogP contribution in [0.2, 0.25) is 0 Å². The molecule has 1 saturated heterocycles. The van der Waals surface area contributed by atoms with Crippen LogP contribution in [0.15, 0.2) is 12.3 Å². The average molecular weight is 217 g/mol. The summed E-state index contributed by atoms with van der Waals surface area (Å²) in [6.07, 6.45) is 1.52. The molecule has 0 aliphatic carbocycles. The molecule has 0 radical (unpaired) electrons. The Labute approximate surface area is 81.6 Å². The highest BCUT2D eigenvalue weighted by Crippen LogP contribution is 2.10. The molecule has 0 bridgehead atoms. The Kier molecular flexibility index (Phi) is 2.53. The first-order valence-electron chi connectivity index (χ1n) is 4.23. The molecule has 0 spiro atoms. The first-order chi connectivity index (χ1) is 6.68. The Hall–Kier alpha value is -0.920. The number of nitrogens with zero attached hydrogens (tertiary/aromatic N) is 1. The molecule has 0 aromatic carbocycles. The Bertz CT molecular complexity index is 380. The van der Waals surface area contributed by atoms with Crippen LogP contribution < -0.4 is 5.32 Å². The lowest BCUT2D eigenvalue weighted by Crippen LogP contribution is -2.33. The van der Waals surface area contributed by atoms with E-state index < -0.39 is 15.4 Å². The van der Waals surface area contributed by atoms with Crippen molar-refractivity contribution >= 4 is 9.84 Å². The minimum absolute atomic E-state index is 0.0787. The lowest BCUT2D eigenvalue weighted by Gasteiger charge is -2.09. The maximum atomic E-state index is 11.7. The van der Waals surface area contributed by atoms with Crippen molar-refractivity contribution in [3.63, 3.8) is 0 Å². The van der Waals surface area contributed by atoms with Gasteiger partial charge in [0.2, 0.25) is 5.56 Å². The molecule has 0 amide bonds. The van der Waals surface area contributed by atoms with Gasteiger partial charge in [-0.15, -0.1) is 0 Å². The van der Waals surface area contributed by atoms with E-state index in [4.69, 9.17) is 4.74 Å². The summed E-state index contributed by atoms with van der Waals surface area (Å²) < 4.78 is 28.4. The van der Waals surface area contributed by atoms with Crippen molar-refractivity contribution in [2.45, 2.75) is 11.3 Å². The molecular formula is C7H11N3O3S. The number of H-pyrrole nitrogens is 1. The highest BCUT2D eigenvalue weighted by atomic mass is 32.2. The van der Waals surface area contributed by atoms with Crippen molar-refractivity contribution < 1.29 is 13.2 Å². The number of sulfone groups is 1. The largest absolute Gasteiger partial charge is 0.348 e. The third kappa shape index (κ3) is 1.94. The van der Waals surface area contributed by atoms with Crippen LogP contribution in [0.4, 0.5) is 0 Å². The van der Waals surface area contributed by atoms with E-state index in [1.54, 1.807) is 6.07 Å². The van der Waals surface area contributed by atoms with Crippen LogP contribution in [0.3, 0.4) is 0 Å². The third-order valence-electron chi connectivity index (χ3n) is 1.92. The van der Waals surface area contributed by atoms with Gasteiger partial charge in [0.05, 0.1) is 18.1 Å². The molecule has 7 heteroatoms. The summed E-state index contributed by atoms with van der Waals surface area (Å²) in [6.45, 7) is 1.01. The normalized spacial score (nSPS) is 22.7. The van der Waals surface area contributed by atoms with E-state index in [2.05, 4.69) is 15.5 Å². The minimum atomic E-state index is -3.29. The predicted octanol–water partition coefficient (Wildman–Crippen LogP) is -0.772.